The quantitative estimate of drug-likeness (QED) is 0.797. The number of hydrogen-bond acceptors (Lipinski definition) is 5. The van der Waals surface area contributed by atoms with Crippen molar-refractivity contribution in [1.29, 1.82) is 0 Å². The molecule has 0 saturated carbocycles. The minimum absolute atomic E-state index is 0.366. The van der Waals surface area contributed by atoms with Gasteiger partial charge in [-0.05, 0) is 45.7 Å². The van der Waals surface area contributed by atoms with Gasteiger partial charge in [-0.1, -0.05) is 13.3 Å². The standard InChI is InChI=1S/C18H25N3O3S/c1-7-8-14-9-15(25-13(14)5)18(23)24-12(4)17(22)19-16-10(2)20-21(6)11(16)3/h9,12H,7-8H2,1-6H3,(H,19,22)/t12-/m0/s1. The molecule has 0 aliphatic carbocycles. The van der Waals surface area contributed by atoms with Gasteiger partial charge in [0, 0.05) is 11.9 Å². The van der Waals surface area contributed by atoms with Crippen LogP contribution in [0, 0.1) is 20.8 Å². The van der Waals surface area contributed by atoms with E-state index >= 15 is 0 Å². The van der Waals surface area contributed by atoms with E-state index in [4.69, 9.17) is 4.74 Å². The Hall–Kier alpha value is -2.15. The molecule has 0 saturated heterocycles. The van der Waals surface area contributed by atoms with Crippen molar-refractivity contribution >= 4 is 28.9 Å². The number of esters is 1. The molecule has 0 aromatic carbocycles. The van der Waals surface area contributed by atoms with Crippen molar-refractivity contribution in [1.82, 2.24) is 9.78 Å². The molecule has 0 radical (unpaired) electrons. The highest BCUT2D eigenvalue weighted by atomic mass is 32.1. The zero-order valence-corrected chi connectivity index (χ0v) is 16.4. The number of nitrogens with one attached hydrogen (secondary N) is 1. The number of anilines is 1. The van der Waals surface area contributed by atoms with Crippen molar-refractivity contribution in [3.8, 4) is 0 Å². The molecule has 2 aromatic heterocycles. The van der Waals surface area contributed by atoms with Crippen molar-refractivity contribution < 1.29 is 14.3 Å². The van der Waals surface area contributed by atoms with E-state index < -0.39 is 12.1 Å². The van der Waals surface area contributed by atoms with Crippen LogP contribution in [0.15, 0.2) is 6.07 Å². The fourth-order valence-corrected chi connectivity index (χ4v) is 3.54. The number of nitrogens with zero attached hydrogens (tertiary/aromatic N) is 2. The fraction of sp³-hybridized carbons (Fsp3) is 0.500. The topological polar surface area (TPSA) is 73.2 Å². The Balaban J connectivity index is 2.03. The maximum Gasteiger partial charge on any atom is 0.349 e. The van der Waals surface area contributed by atoms with E-state index in [9.17, 15) is 9.59 Å². The SMILES string of the molecule is CCCc1cc(C(=O)O[C@@H](C)C(=O)Nc2c(C)nn(C)c2C)sc1C. The summed E-state index contributed by atoms with van der Waals surface area (Å²) in [7, 11) is 1.81. The van der Waals surface area contributed by atoms with Crippen LogP contribution in [0.3, 0.4) is 0 Å². The second-order valence-electron chi connectivity index (χ2n) is 6.15. The number of rotatable bonds is 6. The zero-order valence-electron chi connectivity index (χ0n) is 15.6. The smallest absolute Gasteiger partial charge is 0.349 e. The molecule has 0 aliphatic rings. The summed E-state index contributed by atoms with van der Waals surface area (Å²) in [6.45, 7) is 9.36. The Morgan fingerprint density at radius 3 is 2.60 bits per heavy atom. The molecule has 0 bridgehead atoms. The second-order valence-corrected chi connectivity index (χ2v) is 7.40. The Morgan fingerprint density at radius 1 is 1.36 bits per heavy atom. The lowest BCUT2D eigenvalue weighted by Gasteiger charge is -2.13. The number of hydrogen-bond donors (Lipinski definition) is 1. The van der Waals surface area contributed by atoms with Gasteiger partial charge in [0.2, 0.25) is 0 Å². The molecule has 7 heteroatoms. The predicted molar refractivity (Wildman–Crippen MR) is 99.2 cm³/mol. The molecular weight excluding hydrogens is 338 g/mol. The van der Waals surface area contributed by atoms with Gasteiger partial charge < -0.3 is 10.1 Å². The fourth-order valence-electron chi connectivity index (χ4n) is 2.59. The summed E-state index contributed by atoms with van der Waals surface area (Å²) in [5.41, 5.74) is 3.40. The normalized spacial score (nSPS) is 12.1. The minimum Gasteiger partial charge on any atom is -0.448 e. The molecule has 136 valence electrons. The van der Waals surface area contributed by atoms with E-state index in [1.54, 1.807) is 11.6 Å². The monoisotopic (exact) mass is 363 g/mol. The lowest BCUT2D eigenvalue weighted by Crippen LogP contribution is -2.30. The summed E-state index contributed by atoms with van der Waals surface area (Å²) in [4.78, 5) is 26.3. The van der Waals surface area contributed by atoms with Crippen LogP contribution in [0.4, 0.5) is 5.69 Å². The van der Waals surface area contributed by atoms with Gasteiger partial charge >= 0.3 is 5.97 Å². The Labute approximate surface area is 152 Å². The van der Waals surface area contributed by atoms with Crippen LogP contribution >= 0.6 is 11.3 Å². The summed E-state index contributed by atoms with van der Waals surface area (Å²) in [5, 5.41) is 7.05. The Kier molecular flexibility index (Phi) is 6.00. The summed E-state index contributed by atoms with van der Waals surface area (Å²) in [5.74, 6) is -0.827. The van der Waals surface area contributed by atoms with Gasteiger partial charge in [0.1, 0.15) is 4.88 Å². The molecule has 0 spiro atoms. The largest absolute Gasteiger partial charge is 0.448 e. The first-order valence-corrected chi connectivity index (χ1v) is 9.17. The summed E-state index contributed by atoms with van der Waals surface area (Å²) < 4.78 is 7.04. The van der Waals surface area contributed by atoms with Crippen LogP contribution in [0.5, 0.6) is 0 Å². The van der Waals surface area contributed by atoms with E-state index in [1.807, 2.05) is 33.9 Å². The predicted octanol–water partition coefficient (Wildman–Crippen LogP) is 3.54. The Bertz CT molecular complexity index is 792. The highest BCUT2D eigenvalue weighted by Gasteiger charge is 2.23. The van der Waals surface area contributed by atoms with Gasteiger partial charge in [-0.2, -0.15) is 5.10 Å². The van der Waals surface area contributed by atoms with Crippen LogP contribution in [0.2, 0.25) is 0 Å². The van der Waals surface area contributed by atoms with Crippen molar-refractivity contribution in [3.63, 3.8) is 0 Å². The first kappa shape index (κ1) is 19.2. The van der Waals surface area contributed by atoms with Gasteiger partial charge in [-0.15, -0.1) is 11.3 Å². The van der Waals surface area contributed by atoms with Gasteiger partial charge in [-0.3, -0.25) is 9.48 Å². The molecule has 1 atom stereocenters. The van der Waals surface area contributed by atoms with Gasteiger partial charge in [-0.25, -0.2) is 4.79 Å². The van der Waals surface area contributed by atoms with Gasteiger partial charge in [0.15, 0.2) is 6.10 Å². The molecular formula is C18H25N3O3S. The number of carbonyl (C=O) groups is 2. The van der Waals surface area contributed by atoms with Crippen molar-refractivity contribution in [2.45, 2.75) is 53.6 Å². The number of amides is 1. The number of aromatic nitrogens is 2. The molecule has 25 heavy (non-hydrogen) atoms. The number of carbonyl (C=O) groups excluding carboxylic acids is 2. The first-order valence-electron chi connectivity index (χ1n) is 8.35. The van der Waals surface area contributed by atoms with Crippen LogP contribution in [0.1, 0.15) is 51.8 Å². The number of aryl methyl sites for hydroxylation is 4. The molecule has 2 heterocycles. The third-order valence-corrected chi connectivity index (χ3v) is 5.22. The van der Waals surface area contributed by atoms with Crippen LogP contribution in [-0.2, 0) is 23.0 Å². The van der Waals surface area contributed by atoms with Crippen molar-refractivity contribution in [2.75, 3.05) is 5.32 Å². The third-order valence-electron chi connectivity index (χ3n) is 4.15. The van der Waals surface area contributed by atoms with E-state index in [0.29, 0.717) is 10.6 Å². The van der Waals surface area contributed by atoms with Gasteiger partial charge in [0.05, 0.1) is 17.1 Å². The number of thiophene rings is 1. The maximum atomic E-state index is 12.3. The van der Waals surface area contributed by atoms with E-state index in [0.717, 1.165) is 34.7 Å². The maximum absolute atomic E-state index is 12.3. The van der Waals surface area contributed by atoms with E-state index in [2.05, 4.69) is 17.3 Å². The lowest BCUT2D eigenvalue weighted by atomic mass is 10.1. The molecule has 0 aliphatic heterocycles. The summed E-state index contributed by atoms with van der Waals surface area (Å²) in [6, 6.07) is 1.87. The number of ether oxygens (including phenoxy) is 1. The van der Waals surface area contributed by atoms with E-state index in [-0.39, 0.29) is 5.91 Å². The third kappa shape index (κ3) is 4.28. The highest BCUT2D eigenvalue weighted by Crippen LogP contribution is 2.24. The van der Waals surface area contributed by atoms with Crippen LogP contribution in [0.25, 0.3) is 0 Å². The Morgan fingerprint density at radius 2 is 2.04 bits per heavy atom. The van der Waals surface area contributed by atoms with Crippen LogP contribution < -0.4 is 5.32 Å². The highest BCUT2D eigenvalue weighted by molar-refractivity contribution is 7.14. The molecule has 0 unspecified atom stereocenters. The average molecular weight is 363 g/mol. The molecule has 1 N–H and O–H groups in total. The molecule has 2 rings (SSSR count). The van der Waals surface area contributed by atoms with Gasteiger partial charge in [0.25, 0.3) is 5.91 Å². The minimum atomic E-state index is -0.886. The molecule has 1 amide bonds. The van der Waals surface area contributed by atoms with Crippen molar-refractivity contribution in [2.24, 2.45) is 7.05 Å². The van der Waals surface area contributed by atoms with Crippen LogP contribution in [-0.4, -0.2) is 27.8 Å². The first-order chi connectivity index (χ1) is 11.7. The summed E-state index contributed by atoms with van der Waals surface area (Å²) in [6.07, 6.45) is 1.07. The van der Waals surface area contributed by atoms with Crippen molar-refractivity contribution in [3.05, 3.63) is 32.8 Å². The lowest BCUT2D eigenvalue weighted by molar-refractivity contribution is -0.123. The van der Waals surface area contributed by atoms with E-state index in [1.165, 1.54) is 11.3 Å². The average Bonchev–Trinajstić information content (AvgIpc) is 3.02. The summed E-state index contributed by atoms with van der Waals surface area (Å²) >= 11 is 1.41. The molecule has 2 aromatic rings. The molecule has 0 fully saturated rings. The molecule has 6 nitrogen and oxygen atoms in total. The zero-order chi connectivity index (χ0) is 18.7. The second kappa shape index (κ2) is 7.82.